The van der Waals surface area contributed by atoms with Crippen molar-refractivity contribution in [1.82, 2.24) is 0 Å². The number of hydrogen-bond donors (Lipinski definition) is 1. The van der Waals surface area contributed by atoms with E-state index in [0.717, 1.165) is 18.5 Å². The van der Waals surface area contributed by atoms with E-state index in [1.54, 1.807) is 0 Å². The van der Waals surface area contributed by atoms with Gasteiger partial charge in [-0.2, -0.15) is 4.99 Å². The van der Waals surface area contributed by atoms with Crippen LogP contribution >= 0.6 is 0 Å². The summed E-state index contributed by atoms with van der Waals surface area (Å²) in [4.78, 5) is 4.16. The lowest BCUT2D eigenvalue weighted by Gasteiger charge is -2.18. The number of nitrogens with one attached hydrogen (secondary N) is 1. The molecule has 0 radical (unpaired) electrons. The van der Waals surface area contributed by atoms with Gasteiger partial charge < -0.3 is 0 Å². The third-order valence-electron chi connectivity index (χ3n) is 3.55. The van der Waals surface area contributed by atoms with E-state index >= 15 is 0 Å². The van der Waals surface area contributed by atoms with Crippen molar-refractivity contribution < 1.29 is 0 Å². The minimum Gasteiger partial charge on any atom is -0.241 e. The SMILES string of the molecule is CCC(C)c1cccc(C(C)CC)c1N=C=N. The van der Waals surface area contributed by atoms with Crippen molar-refractivity contribution in [2.45, 2.75) is 52.4 Å². The highest BCUT2D eigenvalue weighted by molar-refractivity contribution is 5.61. The van der Waals surface area contributed by atoms with E-state index < -0.39 is 0 Å². The van der Waals surface area contributed by atoms with Crippen LogP contribution in [-0.4, -0.2) is 6.01 Å². The van der Waals surface area contributed by atoms with Crippen LogP contribution in [0.15, 0.2) is 23.2 Å². The zero-order valence-corrected chi connectivity index (χ0v) is 11.2. The standard InChI is InChI=1S/C15H22N2/c1-5-11(3)13-8-7-9-14(12(4)6-2)15(13)17-10-16/h7-9,11-12,16H,5-6H2,1-4H3. The molecule has 1 N–H and O–H groups in total. The summed E-state index contributed by atoms with van der Waals surface area (Å²) in [6.07, 6.45) is 2.18. The Bertz CT molecular complexity index is 389. The third-order valence-corrected chi connectivity index (χ3v) is 3.55. The number of hydrogen-bond acceptors (Lipinski definition) is 2. The third kappa shape index (κ3) is 3.04. The fourth-order valence-corrected chi connectivity index (χ4v) is 2.00. The van der Waals surface area contributed by atoms with Gasteiger partial charge in [0.2, 0.25) is 0 Å². The summed E-state index contributed by atoms with van der Waals surface area (Å²) in [6, 6.07) is 8.54. The summed E-state index contributed by atoms with van der Waals surface area (Å²) < 4.78 is 0. The molecule has 0 saturated heterocycles. The highest BCUT2D eigenvalue weighted by Crippen LogP contribution is 2.36. The quantitative estimate of drug-likeness (QED) is 0.683. The van der Waals surface area contributed by atoms with Crippen LogP contribution in [0.2, 0.25) is 0 Å². The number of para-hydroxylation sites is 1. The van der Waals surface area contributed by atoms with Crippen molar-refractivity contribution in [3.63, 3.8) is 0 Å². The Kier molecular flexibility index (Phi) is 5.11. The Labute approximate surface area is 104 Å². The molecule has 2 unspecified atom stereocenters. The van der Waals surface area contributed by atoms with Crippen molar-refractivity contribution >= 4 is 11.7 Å². The maximum atomic E-state index is 7.11. The number of benzene rings is 1. The number of aliphatic imine (C=N–C) groups is 1. The van der Waals surface area contributed by atoms with E-state index in [2.05, 4.69) is 56.9 Å². The average Bonchev–Trinajstić information content (AvgIpc) is 2.37. The van der Waals surface area contributed by atoms with Crippen LogP contribution in [0.1, 0.15) is 63.5 Å². The Morgan fingerprint density at radius 2 is 1.59 bits per heavy atom. The molecule has 0 aliphatic heterocycles. The first-order valence-corrected chi connectivity index (χ1v) is 6.40. The van der Waals surface area contributed by atoms with E-state index in [1.165, 1.54) is 11.1 Å². The van der Waals surface area contributed by atoms with E-state index in [9.17, 15) is 0 Å². The number of rotatable bonds is 5. The fraction of sp³-hybridized carbons (Fsp3) is 0.533. The Hall–Kier alpha value is -1.40. The maximum Gasteiger partial charge on any atom is 0.0918 e. The van der Waals surface area contributed by atoms with E-state index in [1.807, 2.05) is 0 Å². The molecule has 0 fully saturated rings. The molecule has 2 nitrogen and oxygen atoms in total. The summed E-state index contributed by atoms with van der Waals surface area (Å²) in [5.41, 5.74) is 3.45. The zero-order chi connectivity index (χ0) is 12.8. The Morgan fingerprint density at radius 3 is 1.94 bits per heavy atom. The first kappa shape index (κ1) is 13.7. The van der Waals surface area contributed by atoms with Gasteiger partial charge in [0, 0.05) is 0 Å². The molecule has 0 spiro atoms. The maximum absolute atomic E-state index is 7.11. The van der Waals surface area contributed by atoms with E-state index in [4.69, 9.17) is 5.41 Å². The normalized spacial score (nSPS) is 13.9. The largest absolute Gasteiger partial charge is 0.241 e. The smallest absolute Gasteiger partial charge is 0.0918 e. The van der Waals surface area contributed by atoms with Gasteiger partial charge in [-0.1, -0.05) is 45.9 Å². The van der Waals surface area contributed by atoms with Crippen LogP contribution in [0.4, 0.5) is 5.69 Å². The van der Waals surface area contributed by atoms with E-state index in [-0.39, 0.29) is 0 Å². The molecule has 1 aromatic carbocycles. The van der Waals surface area contributed by atoms with Crippen LogP contribution in [0.25, 0.3) is 0 Å². The van der Waals surface area contributed by atoms with Crippen molar-refractivity contribution in [2.24, 2.45) is 4.99 Å². The minimum atomic E-state index is 0.478. The topological polar surface area (TPSA) is 36.2 Å². The van der Waals surface area contributed by atoms with Gasteiger partial charge in [-0.3, -0.25) is 0 Å². The first-order valence-electron chi connectivity index (χ1n) is 6.40. The van der Waals surface area contributed by atoms with Gasteiger partial charge in [0.1, 0.15) is 0 Å². The van der Waals surface area contributed by atoms with E-state index in [0.29, 0.717) is 11.8 Å². The molecule has 0 heterocycles. The Balaban J connectivity index is 3.36. The molecule has 1 aromatic rings. The van der Waals surface area contributed by atoms with Gasteiger partial charge >= 0.3 is 0 Å². The summed E-state index contributed by atoms with van der Waals surface area (Å²) in [5, 5.41) is 7.11. The van der Waals surface area contributed by atoms with Gasteiger partial charge in [0.15, 0.2) is 0 Å². The summed E-state index contributed by atoms with van der Waals surface area (Å²) in [6.45, 7) is 8.77. The lowest BCUT2D eigenvalue weighted by Crippen LogP contribution is -1.98. The van der Waals surface area contributed by atoms with Crippen LogP contribution in [0.5, 0.6) is 0 Å². The summed E-state index contributed by atoms with van der Waals surface area (Å²) >= 11 is 0. The lowest BCUT2D eigenvalue weighted by molar-refractivity contribution is 0.713. The van der Waals surface area contributed by atoms with Crippen LogP contribution in [-0.2, 0) is 0 Å². The predicted molar refractivity (Wildman–Crippen MR) is 73.7 cm³/mol. The molecule has 0 amide bonds. The molecular weight excluding hydrogens is 208 g/mol. The minimum absolute atomic E-state index is 0.478. The van der Waals surface area contributed by atoms with Crippen LogP contribution in [0, 0.1) is 5.41 Å². The lowest BCUT2D eigenvalue weighted by atomic mass is 9.89. The molecule has 0 saturated carbocycles. The molecule has 2 atom stereocenters. The van der Waals surface area contributed by atoms with Crippen molar-refractivity contribution in [3.8, 4) is 0 Å². The monoisotopic (exact) mass is 230 g/mol. The summed E-state index contributed by atoms with van der Waals surface area (Å²) in [7, 11) is 0. The van der Waals surface area contributed by atoms with Crippen molar-refractivity contribution in [1.29, 1.82) is 5.41 Å². The van der Waals surface area contributed by atoms with Gasteiger partial charge in [0.05, 0.1) is 11.7 Å². The Morgan fingerprint density at radius 1 is 1.12 bits per heavy atom. The second-order valence-electron chi connectivity index (χ2n) is 4.63. The van der Waals surface area contributed by atoms with Crippen LogP contribution in [0.3, 0.4) is 0 Å². The molecule has 2 heteroatoms. The van der Waals surface area contributed by atoms with Gasteiger partial charge in [0.25, 0.3) is 0 Å². The number of nitrogens with zero attached hydrogens (tertiary/aromatic N) is 1. The van der Waals surface area contributed by atoms with Gasteiger partial charge in [-0.25, -0.2) is 5.41 Å². The highest BCUT2D eigenvalue weighted by Gasteiger charge is 2.15. The van der Waals surface area contributed by atoms with Crippen LogP contribution < -0.4 is 0 Å². The molecule has 0 bridgehead atoms. The molecule has 0 aliphatic rings. The predicted octanol–water partition coefficient (Wildman–Crippen LogP) is 5.10. The molecule has 92 valence electrons. The molecule has 0 aromatic heterocycles. The second kappa shape index (κ2) is 6.36. The zero-order valence-electron chi connectivity index (χ0n) is 11.2. The molecular formula is C15H22N2. The van der Waals surface area contributed by atoms with Crippen molar-refractivity contribution in [2.75, 3.05) is 0 Å². The molecule has 17 heavy (non-hydrogen) atoms. The first-order chi connectivity index (χ1) is 8.15. The highest BCUT2D eigenvalue weighted by atomic mass is 14.7. The van der Waals surface area contributed by atoms with Crippen molar-refractivity contribution in [3.05, 3.63) is 29.3 Å². The molecule has 0 aliphatic carbocycles. The van der Waals surface area contributed by atoms with Gasteiger partial charge in [-0.15, -0.1) is 0 Å². The average molecular weight is 230 g/mol. The fourth-order valence-electron chi connectivity index (χ4n) is 2.00. The summed E-state index contributed by atoms with van der Waals surface area (Å²) in [5.74, 6) is 0.956. The second-order valence-corrected chi connectivity index (χ2v) is 4.63. The van der Waals surface area contributed by atoms with Gasteiger partial charge in [-0.05, 0) is 35.8 Å². The molecule has 1 rings (SSSR count).